The zero-order valence-electron chi connectivity index (χ0n) is 16.5. The van der Waals surface area contributed by atoms with Crippen LogP contribution in [0.2, 0.25) is 0 Å². The van der Waals surface area contributed by atoms with Gasteiger partial charge in [-0.1, -0.05) is 66.7 Å². The number of amides is 2. The van der Waals surface area contributed by atoms with Crippen molar-refractivity contribution in [2.24, 2.45) is 0 Å². The van der Waals surface area contributed by atoms with Crippen molar-refractivity contribution in [3.05, 3.63) is 101 Å². The highest BCUT2D eigenvalue weighted by atomic mass is 32.2. The number of thioether (sulfide) groups is 1. The second-order valence-corrected chi connectivity index (χ2v) is 7.76. The number of benzene rings is 3. The molecule has 3 aromatic rings. The zero-order chi connectivity index (χ0) is 20.6. The van der Waals surface area contributed by atoms with Crippen LogP contribution in [0.5, 0.6) is 0 Å². The number of carbonyl (C=O) groups excluding carboxylic acids is 2. The van der Waals surface area contributed by atoms with Crippen molar-refractivity contribution in [3.63, 3.8) is 0 Å². The maximum atomic E-state index is 12.6. The summed E-state index contributed by atoms with van der Waals surface area (Å²) in [5.41, 5.74) is 4.42. The van der Waals surface area contributed by atoms with E-state index >= 15 is 0 Å². The molecule has 148 valence electrons. The summed E-state index contributed by atoms with van der Waals surface area (Å²) >= 11 is 1.58. The van der Waals surface area contributed by atoms with Gasteiger partial charge in [0.1, 0.15) is 0 Å². The third-order valence-corrected chi connectivity index (χ3v) is 5.89. The molecule has 3 aromatic carbocycles. The quantitative estimate of drug-likeness (QED) is 0.594. The Balaban J connectivity index is 1.72. The van der Waals surface area contributed by atoms with E-state index in [1.165, 1.54) is 0 Å². The third-order valence-electron chi connectivity index (χ3n) is 4.59. The summed E-state index contributed by atoms with van der Waals surface area (Å²) in [6.07, 6.45) is 0. The predicted octanol–water partition coefficient (Wildman–Crippen LogP) is 4.82. The number of anilines is 1. The van der Waals surface area contributed by atoms with Crippen LogP contribution >= 0.6 is 11.8 Å². The van der Waals surface area contributed by atoms with Crippen LogP contribution in [0.25, 0.3) is 0 Å². The lowest BCUT2D eigenvalue weighted by Gasteiger charge is -2.18. The average molecular weight is 405 g/mol. The highest BCUT2D eigenvalue weighted by Crippen LogP contribution is 2.35. The number of rotatable bonds is 7. The Morgan fingerprint density at radius 2 is 1.48 bits per heavy atom. The van der Waals surface area contributed by atoms with Gasteiger partial charge < -0.3 is 10.6 Å². The Labute approximate surface area is 175 Å². The minimum Gasteiger partial charge on any atom is -0.355 e. The lowest BCUT2D eigenvalue weighted by molar-refractivity contribution is -0.113. The molecule has 0 radical (unpaired) electrons. The van der Waals surface area contributed by atoms with E-state index < -0.39 is 0 Å². The molecular weight excluding hydrogens is 380 g/mol. The predicted molar refractivity (Wildman–Crippen MR) is 120 cm³/mol. The van der Waals surface area contributed by atoms with Gasteiger partial charge in [-0.15, -0.1) is 11.8 Å². The molecular formula is C24H24N2O2S. The van der Waals surface area contributed by atoms with Gasteiger partial charge in [-0.25, -0.2) is 0 Å². The van der Waals surface area contributed by atoms with Gasteiger partial charge in [0.05, 0.1) is 11.0 Å². The van der Waals surface area contributed by atoms with E-state index in [0.29, 0.717) is 17.0 Å². The van der Waals surface area contributed by atoms with E-state index in [0.717, 1.165) is 16.7 Å². The van der Waals surface area contributed by atoms with Crippen LogP contribution in [0, 0.1) is 6.92 Å². The van der Waals surface area contributed by atoms with Gasteiger partial charge >= 0.3 is 0 Å². The topological polar surface area (TPSA) is 58.2 Å². The average Bonchev–Trinajstić information content (AvgIpc) is 2.76. The van der Waals surface area contributed by atoms with Crippen LogP contribution in [0.1, 0.15) is 32.3 Å². The summed E-state index contributed by atoms with van der Waals surface area (Å²) in [4.78, 5) is 24.5. The van der Waals surface area contributed by atoms with Crippen molar-refractivity contribution >= 4 is 29.3 Å². The normalized spacial score (nSPS) is 10.6. The number of carbonyl (C=O) groups is 2. The molecule has 0 aliphatic rings. The lowest BCUT2D eigenvalue weighted by Crippen LogP contribution is -2.19. The fourth-order valence-electron chi connectivity index (χ4n) is 3.03. The molecule has 4 nitrogen and oxygen atoms in total. The van der Waals surface area contributed by atoms with E-state index in [1.54, 1.807) is 30.9 Å². The molecule has 0 atom stereocenters. The van der Waals surface area contributed by atoms with Crippen LogP contribution in [0.4, 0.5) is 5.69 Å². The second-order valence-electron chi connectivity index (χ2n) is 6.67. The van der Waals surface area contributed by atoms with Crippen molar-refractivity contribution in [2.45, 2.75) is 12.2 Å². The Morgan fingerprint density at radius 1 is 0.897 bits per heavy atom. The maximum absolute atomic E-state index is 12.6. The van der Waals surface area contributed by atoms with Crippen molar-refractivity contribution in [1.82, 2.24) is 5.32 Å². The Bertz CT molecular complexity index is 935. The molecule has 0 heterocycles. The van der Waals surface area contributed by atoms with E-state index in [1.807, 2.05) is 49.4 Å². The summed E-state index contributed by atoms with van der Waals surface area (Å²) in [5, 5.41) is 5.62. The van der Waals surface area contributed by atoms with E-state index in [2.05, 4.69) is 34.9 Å². The first-order chi connectivity index (χ1) is 14.1. The minimum absolute atomic E-state index is 0.0708. The van der Waals surface area contributed by atoms with E-state index in [-0.39, 0.29) is 17.1 Å². The standard InChI is InChI=1S/C24H24N2O2S/c1-17-13-14-20(24(28)25-2)15-21(17)26-22(27)16-29-23(18-9-5-3-6-10-18)19-11-7-4-8-12-19/h3-15,23H,16H2,1-2H3,(H,25,28)(H,26,27). The van der Waals surface area contributed by atoms with Crippen LogP contribution in [-0.2, 0) is 4.79 Å². The Morgan fingerprint density at radius 3 is 2.03 bits per heavy atom. The Kier molecular flexibility index (Phi) is 7.09. The number of hydrogen-bond acceptors (Lipinski definition) is 3. The molecule has 0 bridgehead atoms. The summed E-state index contributed by atoms with van der Waals surface area (Å²) in [6, 6.07) is 25.7. The molecule has 0 spiro atoms. The fraction of sp³-hybridized carbons (Fsp3) is 0.167. The van der Waals surface area contributed by atoms with Gasteiger partial charge in [-0.2, -0.15) is 0 Å². The van der Waals surface area contributed by atoms with Crippen molar-refractivity contribution in [2.75, 3.05) is 18.1 Å². The molecule has 0 saturated carbocycles. The highest BCUT2D eigenvalue weighted by molar-refractivity contribution is 8.00. The first-order valence-electron chi connectivity index (χ1n) is 9.42. The lowest BCUT2D eigenvalue weighted by atomic mass is 10.0. The number of aryl methyl sites for hydroxylation is 1. The van der Waals surface area contributed by atoms with Crippen LogP contribution < -0.4 is 10.6 Å². The van der Waals surface area contributed by atoms with Crippen LogP contribution in [0.15, 0.2) is 78.9 Å². The summed E-state index contributed by atoms with van der Waals surface area (Å²) in [5.74, 6) is 0.0325. The molecule has 0 aliphatic heterocycles. The van der Waals surface area contributed by atoms with Crippen molar-refractivity contribution in [3.8, 4) is 0 Å². The molecule has 3 rings (SSSR count). The van der Waals surface area contributed by atoms with Gasteiger partial charge in [0.2, 0.25) is 5.91 Å². The van der Waals surface area contributed by atoms with Gasteiger partial charge in [0.25, 0.3) is 5.91 Å². The van der Waals surface area contributed by atoms with Gasteiger partial charge in [-0.3, -0.25) is 9.59 Å². The van der Waals surface area contributed by atoms with E-state index in [9.17, 15) is 9.59 Å². The second kappa shape index (κ2) is 9.94. The number of hydrogen-bond donors (Lipinski definition) is 2. The molecule has 0 unspecified atom stereocenters. The van der Waals surface area contributed by atoms with Gasteiger partial charge in [0.15, 0.2) is 0 Å². The van der Waals surface area contributed by atoms with Crippen molar-refractivity contribution in [1.29, 1.82) is 0 Å². The van der Waals surface area contributed by atoms with E-state index in [4.69, 9.17) is 0 Å². The Hall–Kier alpha value is -3.05. The highest BCUT2D eigenvalue weighted by Gasteiger charge is 2.17. The smallest absolute Gasteiger partial charge is 0.251 e. The van der Waals surface area contributed by atoms with Crippen LogP contribution in [-0.4, -0.2) is 24.6 Å². The van der Waals surface area contributed by atoms with Crippen molar-refractivity contribution < 1.29 is 9.59 Å². The monoisotopic (exact) mass is 404 g/mol. The van der Waals surface area contributed by atoms with Crippen LogP contribution in [0.3, 0.4) is 0 Å². The van der Waals surface area contributed by atoms with Gasteiger partial charge in [-0.05, 0) is 35.7 Å². The molecule has 5 heteroatoms. The number of nitrogens with one attached hydrogen (secondary N) is 2. The fourth-order valence-corrected chi connectivity index (χ4v) is 4.12. The molecule has 29 heavy (non-hydrogen) atoms. The summed E-state index contributed by atoms with van der Waals surface area (Å²) < 4.78 is 0. The van der Waals surface area contributed by atoms with Gasteiger partial charge in [0, 0.05) is 18.3 Å². The molecule has 0 saturated heterocycles. The largest absolute Gasteiger partial charge is 0.355 e. The molecule has 0 aliphatic carbocycles. The third kappa shape index (κ3) is 5.48. The summed E-state index contributed by atoms with van der Waals surface area (Å²) in [6.45, 7) is 1.91. The maximum Gasteiger partial charge on any atom is 0.251 e. The SMILES string of the molecule is CNC(=O)c1ccc(C)c(NC(=O)CSC(c2ccccc2)c2ccccc2)c1. The minimum atomic E-state index is -0.178. The molecule has 0 aromatic heterocycles. The summed E-state index contributed by atoms with van der Waals surface area (Å²) in [7, 11) is 1.59. The molecule has 0 fully saturated rings. The molecule has 2 amide bonds. The first-order valence-corrected chi connectivity index (χ1v) is 10.5. The molecule has 2 N–H and O–H groups in total. The first kappa shape index (κ1) is 20.7. The zero-order valence-corrected chi connectivity index (χ0v) is 17.3.